The van der Waals surface area contributed by atoms with E-state index in [4.69, 9.17) is 20.5 Å². The molecule has 2 heterocycles. The number of aromatic nitrogens is 2. The summed E-state index contributed by atoms with van der Waals surface area (Å²) in [6.07, 6.45) is 2.47. The molecule has 1 aromatic heterocycles. The standard InChI is InChI=1S/C18H23BN4O7/c1-18(20,13-6-21-9-22-13)17(27)23-7-11(8-23)30-12-3-2-10(4-5-19(28)29)15(24)14(12)16(25)26/h2-3,6,9,11,24,28-29H,4-5,7-8,20H2,1H3,(H,21,22)(H,25,26). The Hall–Kier alpha value is -3.09. The molecule has 1 saturated heterocycles. The highest BCUT2D eigenvalue weighted by molar-refractivity contribution is 6.41. The van der Waals surface area contributed by atoms with Gasteiger partial charge in [0, 0.05) is 0 Å². The molecule has 3 rings (SSSR count). The van der Waals surface area contributed by atoms with Crippen molar-refractivity contribution in [3.05, 3.63) is 41.5 Å². The molecule has 160 valence electrons. The van der Waals surface area contributed by atoms with Crippen LogP contribution in [0, 0.1) is 0 Å². The van der Waals surface area contributed by atoms with Crippen LogP contribution in [0.25, 0.3) is 0 Å². The molecule has 2 aromatic rings. The van der Waals surface area contributed by atoms with Crippen LogP contribution in [0.2, 0.25) is 6.32 Å². The van der Waals surface area contributed by atoms with E-state index in [1.807, 2.05) is 0 Å². The van der Waals surface area contributed by atoms with E-state index in [-0.39, 0.29) is 43.1 Å². The fourth-order valence-corrected chi connectivity index (χ4v) is 3.25. The summed E-state index contributed by atoms with van der Waals surface area (Å²) in [6.45, 7) is 1.98. The van der Waals surface area contributed by atoms with Gasteiger partial charge in [-0.15, -0.1) is 0 Å². The minimum absolute atomic E-state index is 0.0329. The number of nitrogens with one attached hydrogen (secondary N) is 1. The summed E-state index contributed by atoms with van der Waals surface area (Å²) in [6, 6.07) is 2.88. The quantitative estimate of drug-likeness (QED) is 0.302. The smallest absolute Gasteiger partial charge is 0.451 e. The van der Waals surface area contributed by atoms with Crippen molar-refractivity contribution in [3.63, 3.8) is 0 Å². The minimum atomic E-state index is -1.57. The van der Waals surface area contributed by atoms with Crippen LogP contribution in [0.5, 0.6) is 11.5 Å². The summed E-state index contributed by atoms with van der Waals surface area (Å²) in [4.78, 5) is 32.5. The number of carboxylic acids is 1. The molecule has 0 bridgehead atoms. The summed E-state index contributed by atoms with van der Waals surface area (Å²) in [5.74, 6) is -2.23. The van der Waals surface area contributed by atoms with E-state index in [0.717, 1.165) is 0 Å². The van der Waals surface area contributed by atoms with Gasteiger partial charge in [-0.3, -0.25) is 4.79 Å². The van der Waals surface area contributed by atoms with Crippen LogP contribution < -0.4 is 10.5 Å². The number of aromatic amines is 1. The number of aryl methyl sites for hydroxylation is 1. The first-order valence-electron chi connectivity index (χ1n) is 9.29. The third-order valence-electron chi connectivity index (χ3n) is 5.04. The molecule has 12 heteroatoms. The van der Waals surface area contributed by atoms with Crippen LogP contribution in [0.3, 0.4) is 0 Å². The number of carboxylic acid groups (broad SMARTS) is 1. The number of nitrogens with zero attached hydrogens (tertiary/aromatic N) is 2. The Kier molecular flexibility index (Phi) is 6.01. The number of aromatic hydroxyl groups is 1. The number of carbonyl (C=O) groups excluding carboxylic acids is 1. The molecule has 0 aliphatic carbocycles. The number of nitrogens with two attached hydrogens (primary N) is 1. The zero-order chi connectivity index (χ0) is 22.1. The van der Waals surface area contributed by atoms with Crippen molar-refractivity contribution in [3.8, 4) is 11.5 Å². The fourth-order valence-electron chi connectivity index (χ4n) is 3.25. The topological polar surface area (TPSA) is 182 Å². The van der Waals surface area contributed by atoms with Gasteiger partial charge in [0.15, 0.2) is 0 Å². The lowest BCUT2D eigenvalue weighted by molar-refractivity contribution is -0.145. The molecule has 1 aromatic carbocycles. The van der Waals surface area contributed by atoms with Crippen LogP contribution >= 0.6 is 0 Å². The van der Waals surface area contributed by atoms with Gasteiger partial charge in [-0.25, -0.2) is 9.78 Å². The molecule has 1 fully saturated rings. The van der Waals surface area contributed by atoms with Crippen molar-refractivity contribution in [1.29, 1.82) is 0 Å². The molecule has 1 amide bonds. The fraction of sp³-hybridized carbons (Fsp3) is 0.389. The average molecular weight is 418 g/mol. The van der Waals surface area contributed by atoms with Gasteiger partial charge in [0.2, 0.25) is 5.91 Å². The van der Waals surface area contributed by atoms with Gasteiger partial charge in [0.25, 0.3) is 0 Å². The van der Waals surface area contributed by atoms with Gasteiger partial charge < -0.3 is 40.6 Å². The second-order valence-electron chi connectivity index (χ2n) is 7.39. The van der Waals surface area contributed by atoms with Gasteiger partial charge in [0.1, 0.15) is 28.7 Å². The minimum Gasteiger partial charge on any atom is -0.507 e. The molecule has 0 saturated carbocycles. The van der Waals surface area contributed by atoms with Crippen LogP contribution in [-0.2, 0) is 16.8 Å². The third kappa shape index (κ3) is 4.25. The second-order valence-corrected chi connectivity index (χ2v) is 7.39. The first kappa shape index (κ1) is 21.6. The first-order valence-corrected chi connectivity index (χ1v) is 9.29. The molecule has 1 aliphatic rings. The number of phenols is 1. The van der Waals surface area contributed by atoms with E-state index in [9.17, 15) is 19.8 Å². The molecular formula is C18H23BN4O7. The Bertz CT molecular complexity index is 927. The molecule has 1 aliphatic heterocycles. The summed E-state index contributed by atoms with van der Waals surface area (Å²) < 4.78 is 5.69. The number of H-pyrrole nitrogens is 1. The number of carbonyl (C=O) groups is 2. The number of benzene rings is 1. The molecule has 7 N–H and O–H groups in total. The van der Waals surface area contributed by atoms with Crippen LogP contribution in [0.15, 0.2) is 24.7 Å². The SMILES string of the molecule is CC(N)(C(=O)N1CC(Oc2ccc(CCB(O)O)c(O)c2C(=O)O)C1)c1cnc[nH]1. The molecule has 30 heavy (non-hydrogen) atoms. The normalized spacial score (nSPS) is 15.9. The number of rotatable bonds is 8. The number of imidazole rings is 1. The zero-order valence-electron chi connectivity index (χ0n) is 16.3. The number of likely N-dealkylation sites (tertiary alicyclic amines) is 1. The zero-order valence-corrected chi connectivity index (χ0v) is 16.3. The predicted octanol–water partition coefficient (Wildman–Crippen LogP) is -0.707. The lowest BCUT2D eigenvalue weighted by atomic mass is 9.82. The lowest BCUT2D eigenvalue weighted by Gasteiger charge is -2.42. The first-order chi connectivity index (χ1) is 14.1. The Labute approximate surface area is 172 Å². The van der Waals surface area contributed by atoms with E-state index < -0.39 is 36.0 Å². The average Bonchev–Trinajstić information content (AvgIpc) is 3.18. The summed E-state index contributed by atoms with van der Waals surface area (Å²) in [7, 11) is -1.57. The second kappa shape index (κ2) is 8.34. The van der Waals surface area contributed by atoms with Gasteiger partial charge in [-0.1, -0.05) is 6.07 Å². The van der Waals surface area contributed by atoms with Crippen molar-refractivity contribution in [1.82, 2.24) is 14.9 Å². The highest BCUT2D eigenvalue weighted by atomic mass is 16.5. The Morgan fingerprint density at radius 1 is 1.40 bits per heavy atom. The monoisotopic (exact) mass is 418 g/mol. The van der Waals surface area contributed by atoms with E-state index in [0.29, 0.717) is 5.69 Å². The van der Waals surface area contributed by atoms with Crippen molar-refractivity contribution < 1.29 is 34.6 Å². The summed E-state index contributed by atoms with van der Waals surface area (Å²) >= 11 is 0. The highest BCUT2D eigenvalue weighted by Gasteiger charge is 2.42. The Balaban J connectivity index is 1.67. The third-order valence-corrected chi connectivity index (χ3v) is 5.04. The van der Waals surface area contributed by atoms with Crippen LogP contribution in [-0.4, -0.2) is 73.3 Å². The van der Waals surface area contributed by atoms with Crippen molar-refractivity contribution in [2.24, 2.45) is 5.73 Å². The van der Waals surface area contributed by atoms with Crippen LogP contribution in [0.4, 0.5) is 0 Å². The maximum absolute atomic E-state index is 12.7. The highest BCUT2D eigenvalue weighted by Crippen LogP contribution is 2.34. The predicted molar refractivity (Wildman–Crippen MR) is 105 cm³/mol. The van der Waals surface area contributed by atoms with E-state index in [1.54, 1.807) is 6.92 Å². The van der Waals surface area contributed by atoms with Gasteiger partial charge in [-0.2, -0.15) is 0 Å². The van der Waals surface area contributed by atoms with Gasteiger partial charge in [-0.05, 0) is 31.3 Å². The van der Waals surface area contributed by atoms with Crippen molar-refractivity contribution in [2.75, 3.05) is 13.1 Å². The lowest BCUT2D eigenvalue weighted by Crippen LogP contribution is -2.62. The molecule has 0 spiro atoms. The van der Waals surface area contributed by atoms with Gasteiger partial charge in [0.05, 0.1) is 31.3 Å². The largest absolute Gasteiger partial charge is 0.507 e. The number of hydrogen-bond acceptors (Lipinski definition) is 8. The summed E-state index contributed by atoms with van der Waals surface area (Å²) in [5, 5.41) is 37.7. The maximum Gasteiger partial charge on any atom is 0.451 e. The van der Waals surface area contributed by atoms with E-state index >= 15 is 0 Å². The number of hydrogen-bond donors (Lipinski definition) is 6. The Morgan fingerprint density at radius 2 is 2.10 bits per heavy atom. The molecule has 1 atom stereocenters. The van der Waals surface area contributed by atoms with Crippen molar-refractivity contribution >= 4 is 19.0 Å². The van der Waals surface area contributed by atoms with Crippen molar-refractivity contribution in [2.45, 2.75) is 31.3 Å². The maximum atomic E-state index is 12.7. The molecule has 0 radical (unpaired) electrons. The molecule has 1 unspecified atom stereocenters. The van der Waals surface area contributed by atoms with E-state index in [1.165, 1.54) is 29.6 Å². The number of ether oxygens (including phenoxy) is 1. The summed E-state index contributed by atoms with van der Waals surface area (Å²) in [5.41, 5.74) is 5.17. The molecule has 11 nitrogen and oxygen atoms in total. The van der Waals surface area contributed by atoms with Crippen LogP contribution in [0.1, 0.15) is 28.5 Å². The molecular weight excluding hydrogens is 395 g/mol. The van der Waals surface area contributed by atoms with Gasteiger partial charge >= 0.3 is 13.1 Å². The Morgan fingerprint density at radius 3 is 2.67 bits per heavy atom. The number of aromatic carboxylic acids is 1. The number of amides is 1. The van der Waals surface area contributed by atoms with E-state index in [2.05, 4.69) is 9.97 Å².